The quantitative estimate of drug-likeness (QED) is 0.555. The Bertz CT molecular complexity index is 649. The van der Waals surface area contributed by atoms with Crippen LogP contribution in [0.25, 0.3) is 0 Å². The minimum Gasteiger partial charge on any atom is -0.406 e. The fourth-order valence-electron chi connectivity index (χ4n) is 1.86. The van der Waals surface area contributed by atoms with Crippen molar-refractivity contribution in [3.63, 3.8) is 0 Å². The summed E-state index contributed by atoms with van der Waals surface area (Å²) in [4.78, 5) is 35.4. The third-order valence-electron chi connectivity index (χ3n) is 3.41. The van der Waals surface area contributed by atoms with E-state index in [-0.39, 0.29) is 12.2 Å². The highest BCUT2D eigenvalue weighted by atomic mass is 19.4. The lowest BCUT2D eigenvalue weighted by Gasteiger charge is -2.20. The first-order valence-electron chi connectivity index (χ1n) is 7.52. The summed E-state index contributed by atoms with van der Waals surface area (Å²) in [5, 5.41) is 6.85. The maximum Gasteiger partial charge on any atom is 0.573 e. The minimum atomic E-state index is -4.79. The molecule has 0 radical (unpaired) electrons. The number of nitrogens with one attached hydrogen (secondary N) is 4. The Balaban J connectivity index is 2.55. The number of urea groups is 1. The van der Waals surface area contributed by atoms with Gasteiger partial charge in [-0.25, -0.2) is 4.79 Å². The molecule has 1 unspecified atom stereocenters. The number of anilines is 1. The molecule has 0 saturated heterocycles. The molecule has 0 aliphatic rings. The number of benzene rings is 1. The van der Waals surface area contributed by atoms with Crippen LogP contribution in [0.1, 0.15) is 6.92 Å². The molecule has 0 aliphatic carbocycles. The molecule has 0 aliphatic heterocycles. The number of ether oxygens (including phenoxy) is 1. The van der Waals surface area contributed by atoms with Gasteiger partial charge in [-0.05, 0) is 31.2 Å². The molecule has 0 saturated carbocycles. The van der Waals surface area contributed by atoms with Crippen molar-refractivity contribution >= 4 is 23.5 Å². The predicted molar refractivity (Wildman–Crippen MR) is 85.6 cm³/mol. The minimum absolute atomic E-state index is 0.0941. The van der Waals surface area contributed by atoms with Crippen LogP contribution in [-0.2, 0) is 9.59 Å². The van der Waals surface area contributed by atoms with E-state index in [2.05, 4.69) is 20.7 Å². The number of hydrogen-bond acceptors (Lipinski definition) is 4. The van der Waals surface area contributed by atoms with E-state index in [1.165, 1.54) is 19.2 Å². The number of likely N-dealkylation sites (N-methyl/N-ethyl adjacent to an activating group) is 1. The fraction of sp³-hybridized carbons (Fsp3) is 0.400. The van der Waals surface area contributed by atoms with Crippen molar-refractivity contribution in [2.75, 3.05) is 26.0 Å². The number of carbonyl (C=O) groups excluding carboxylic acids is 3. The van der Waals surface area contributed by atoms with Crippen molar-refractivity contribution in [2.24, 2.45) is 0 Å². The number of alkyl halides is 3. The molecule has 1 rings (SSSR count). The van der Waals surface area contributed by atoms with Gasteiger partial charge in [0.05, 0.1) is 7.05 Å². The summed E-state index contributed by atoms with van der Waals surface area (Å²) >= 11 is 0. The van der Waals surface area contributed by atoms with Gasteiger partial charge in [0.15, 0.2) is 12.6 Å². The first-order valence-corrected chi connectivity index (χ1v) is 7.52. The maximum atomic E-state index is 12.1. The lowest BCUT2D eigenvalue weighted by atomic mass is 10.2. The number of quaternary nitrogens is 1. The van der Waals surface area contributed by atoms with Crippen LogP contribution in [0.15, 0.2) is 24.3 Å². The molecule has 0 aromatic heterocycles. The van der Waals surface area contributed by atoms with E-state index in [9.17, 15) is 27.6 Å². The molecule has 11 heteroatoms. The van der Waals surface area contributed by atoms with E-state index in [1.54, 1.807) is 14.0 Å². The molecule has 0 bridgehead atoms. The standard InChI is InChI=1S/C15H19F3N4O4/c1-9(13(24)21-14(25)19-2)22(3)8-12(23)20-10-4-6-11(7-5-10)26-15(16,17)18/h4-7,9H,8H2,1-3H3,(H,20,23)(H2,19,21,24,25)/p+1/t9-/m1/s1. The van der Waals surface area contributed by atoms with Gasteiger partial charge in [-0.2, -0.15) is 0 Å². The molecular weight excluding hydrogens is 357 g/mol. The molecule has 1 aromatic rings. The van der Waals surface area contributed by atoms with Crippen LogP contribution in [0.2, 0.25) is 0 Å². The van der Waals surface area contributed by atoms with Crippen molar-refractivity contribution in [3.8, 4) is 5.75 Å². The smallest absolute Gasteiger partial charge is 0.406 e. The number of halogens is 3. The third kappa shape index (κ3) is 7.38. The van der Waals surface area contributed by atoms with E-state index in [1.807, 2.05) is 0 Å². The van der Waals surface area contributed by atoms with Gasteiger partial charge in [0.2, 0.25) is 0 Å². The highest BCUT2D eigenvalue weighted by Gasteiger charge is 2.31. The van der Waals surface area contributed by atoms with Gasteiger partial charge in [-0.15, -0.1) is 13.2 Å². The number of imide groups is 1. The predicted octanol–water partition coefficient (Wildman–Crippen LogP) is -0.117. The van der Waals surface area contributed by atoms with Crippen LogP contribution < -0.4 is 25.6 Å². The van der Waals surface area contributed by atoms with Crippen molar-refractivity contribution in [1.82, 2.24) is 10.6 Å². The first-order chi connectivity index (χ1) is 12.0. The summed E-state index contributed by atoms with van der Waals surface area (Å²) in [6, 6.07) is 3.32. The number of amides is 4. The SMILES string of the molecule is CNC(=O)NC(=O)[C@@H](C)[NH+](C)CC(=O)Nc1ccc(OC(F)(F)F)cc1. The Hall–Kier alpha value is -2.82. The van der Waals surface area contributed by atoms with Crippen LogP contribution in [-0.4, -0.2) is 50.9 Å². The Kier molecular flexibility index (Phi) is 7.38. The van der Waals surface area contributed by atoms with Crippen molar-refractivity contribution in [2.45, 2.75) is 19.3 Å². The van der Waals surface area contributed by atoms with Crippen LogP contribution in [0.4, 0.5) is 23.7 Å². The zero-order valence-corrected chi connectivity index (χ0v) is 14.4. The van der Waals surface area contributed by atoms with Gasteiger partial charge >= 0.3 is 12.4 Å². The van der Waals surface area contributed by atoms with Gasteiger partial charge in [0.25, 0.3) is 11.8 Å². The molecule has 4 amide bonds. The average Bonchev–Trinajstić information content (AvgIpc) is 2.54. The number of rotatable bonds is 6. The maximum absolute atomic E-state index is 12.1. The molecule has 8 nitrogen and oxygen atoms in total. The molecule has 144 valence electrons. The van der Waals surface area contributed by atoms with Gasteiger partial charge < -0.3 is 20.3 Å². The zero-order valence-electron chi connectivity index (χ0n) is 14.4. The van der Waals surface area contributed by atoms with Gasteiger partial charge in [-0.1, -0.05) is 0 Å². The molecule has 0 fully saturated rings. The molecule has 26 heavy (non-hydrogen) atoms. The number of hydrogen-bond donors (Lipinski definition) is 4. The summed E-state index contributed by atoms with van der Waals surface area (Å²) in [6.07, 6.45) is -4.79. The van der Waals surface area contributed by atoms with Crippen LogP contribution in [0.3, 0.4) is 0 Å². The lowest BCUT2D eigenvalue weighted by molar-refractivity contribution is -0.885. The van der Waals surface area contributed by atoms with E-state index < -0.39 is 36.0 Å². The van der Waals surface area contributed by atoms with E-state index >= 15 is 0 Å². The van der Waals surface area contributed by atoms with Crippen LogP contribution in [0, 0.1) is 0 Å². The molecule has 0 spiro atoms. The zero-order chi connectivity index (χ0) is 19.9. The lowest BCUT2D eigenvalue weighted by Crippen LogP contribution is -3.15. The Morgan fingerprint density at radius 2 is 1.77 bits per heavy atom. The normalized spacial score (nSPS) is 13.3. The van der Waals surface area contributed by atoms with Gasteiger partial charge in [-0.3, -0.25) is 14.9 Å². The van der Waals surface area contributed by atoms with E-state index in [0.29, 0.717) is 4.90 Å². The Morgan fingerprint density at radius 3 is 2.27 bits per heavy atom. The molecule has 4 N–H and O–H groups in total. The van der Waals surface area contributed by atoms with Crippen LogP contribution >= 0.6 is 0 Å². The molecule has 1 aromatic carbocycles. The van der Waals surface area contributed by atoms with Crippen molar-refractivity contribution < 1.29 is 37.2 Å². The first kappa shape index (κ1) is 21.2. The summed E-state index contributed by atoms with van der Waals surface area (Å²) < 4.78 is 40.0. The average molecular weight is 377 g/mol. The van der Waals surface area contributed by atoms with E-state index in [4.69, 9.17) is 0 Å². The van der Waals surface area contributed by atoms with E-state index in [0.717, 1.165) is 12.1 Å². The molecule has 2 atom stereocenters. The van der Waals surface area contributed by atoms with Gasteiger partial charge in [0.1, 0.15) is 5.75 Å². The highest BCUT2D eigenvalue weighted by Crippen LogP contribution is 2.23. The topological polar surface area (TPSA) is 101 Å². The van der Waals surface area contributed by atoms with Crippen molar-refractivity contribution in [1.29, 1.82) is 0 Å². The summed E-state index contributed by atoms with van der Waals surface area (Å²) in [5.41, 5.74) is 0.278. The third-order valence-corrected chi connectivity index (χ3v) is 3.41. The Morgan fingerprint density at radius 1 is 1.19 bits per heavy atom. The highest BCUT2D eigenvalue weighted by molar-refractivity contribution is 5.96. The van der Waals surface area contributed by atoms with Crippen molar-refractivity contribution in [3.05, 3.63) is 24.3 Å². The summed E-state index contributed by atoms with van der Waals surface area (Å²) in [6.45, 7) is 1.45. The van der Waals surface area contributed by atoms with Gasteiger partial charge in [0, 0.05) is 12.7 Å². The monoisotopic (exact) mass is 377 g/mol. The largest absolute Gasteiger partial charge is 0.573 e. The second-order valence-electron chi connectivity index (χ2n) is 5.43. The molecule has 0 heterocycles. The molecular formula is C15H20F3N4O4+. The van der Waals surface area contributed by atoms with Crippen LogP contribution in [0.5, 0.6) is 5.75 Å². The summed E-state index contributed by atoms with van der Waals surface area (Å²) in [7, 11) is 2.95. The second kappa shape index (κ2) is 9.04. The summed E-state index contributed by atoms with van der Waals surface area (Å²) in [5.74, 6) is -1.41. The number of carbonyl (C=O) groups is 3. The fourth-order valence-corrected chi connectivity index (χ4v) is 1.86. The Labute approximate surface area is 147 Å². The second-order valence-corrected chi connectivity index (χ2v) is 5.43.